The van der Waals surface area contributed by atoms with Crippen molar-refractivity contribution in [1.29, 1.82) is 0 Å². The summed E-state index contributed by atoms with van der Waals surface area (Å²) < 4.78 is 70.2. The number of benzene rings is 2. The van der Waals surface area contributed by atoms with Crippen LogP contribution in [-0.2, 0) is 0 Å². The van der Waals surface area contributed by atoms with E-state index in [-0.39, 0.29) is 16.9 Å². The van der Waals surface area contributed by atoms with Crippen LogP contribution in [0.15, 0.2) is 54.6 Å². The van der Waals surface area contributed by atoms with E-state index in [1.807, 2.05) is 0 Å². The maximum atomic E-state index is 13.8. The summed E-state index contributed by atoms with van der Waals surface area (Å²) in [6.07, 6.45) is -5.39. The Bertz CT molecular complexity index is 921. The number of halogens is 5. The van der Waals surface area contributed by atoms with Crippen molar-refractivity contribution >= 4 is 11.8 Å². The molecule has 2 aromatic rings. The monoisotopic (exact) mass is 430 g/mol. The first-order valence-corrected chi connectivity index (χ1v) is 8.55. The zero-order valence-corrected chi connectivity index (χ0v) is 15.0. The zero-order valence-electron chi connectivity index (χ0n) is 15.0. The normalized spacial score (nSPS) is 24.2. The molecule has 1 heterocycles. The van der Waals surface area contributed by atoms with Gasteiger partial charge in [-0.15, -0.1) is 0 Å². The van der Waals surface area contributed by atoms with Gasteiger partial charge in [0.05, 0.1) is 6.04 Å². The number of carbonyl (C=O) groups excluding carboxylic acids is 2. The third-order valence-corrected chi connectivity index (χ3v) is 4.61. The molecular formula is C19H15F5N2O4. The first-order chi connectivity index (χ1) is 14.0. The van der Waals surface area contributed by atoms with Crippen LogP contribution in [0, 0.1) is 5.92 Å². The van der Waals surface area contributed by atoms with E-state index in [0.29, 0.717) is 0 Å². The van der Waals surface area contributed by atoms with Gasteiger partial charge in [0.15, 0.2) is 5.78 Å². The standard InChI is InChI=1S/C19H15F5N2O4/c20-16(21)30-12-8-6-10(7-9-12)14-13(15(27)11-4-2-1-3-5-11)18(29,19(22,23)24)26-17(28)25-14/h1-9,13-14,16,29H,(H2,25,26,28)/t13-,14+,18+/m1/s1. The van der Waals surface area contributed by atoms with Gasteiger partial charge in [0.2, 0.25) is 5.72 Å². The molecule has 6 nitrogen and oxygen atoms in total. The largest absolute Gasteiger partial charge is 0.437 e. The van der Waals surface area contributed by atoms with Crippen molar-refractivity contribution in [3.63, 3.8) is 0 Å². The highest BCUT2D eigenvalue weighted by Crippen LogP contribution is 2.44. The SMILES string of the molecule is O=C1N[C@@H](c2ccc(OC(F)F)cc2)[C@H](C(=O)c2ccccc2)[C@](O)(C(F)(F)F)N1. The number of hydrogen-bond donors (Lipinski definition) is 3. The molecular weight excluding hydrogens is 415 g/mol. The maximum absolute atomic E-state index is 13.8. The fourth-order valence-electron chi connectivity index (χ4n) is 3.26. The Morgan fingerprint density at radius 1 is 1.07 bits per heavy atom. The molecule has 0 aliphatic carbocycles. The van der Waals surface area contributed by atoms with Crippen LogP contribution < -0.4 is 15.4 Å². The van der Waals surface area contributed by atoms with E-state index in [9.17, 15) is 36.6 Å². The van der Waals surface area contributed by atoms with Gasteiger partial charge in [-0.25, -0.2) is 4.79 Å². The van der Waals surface area contributed by atoms with Gasteiger partial charge in [-0.2, -0.15) is 22.0 Å². The molecule has 0 aromatic heterocycles. The summed E-state index contributed by atoms with van der Waals surface area (Å²) in [7, 11) is 0. The number of ether oxygens (including phenoxy) is 1. The van der Waals surface area contributed by atoms with E-state index in [4.69, 9.17) is 0 Å². The summed E-state index contributed by atoms with van der Waals surface area (Å²) in [5, 5.41) is 14.0. The van der Waals surface area contributed by atoms with Gasteiger partial charge in [0.1, 0.15) is 11.7 Å². The molecule has 0 spiro atoms. The number of urea groups is 1. The molecule has 2 aromatic carbocycles. The van der Waals surface area contributed by atoms with E-state index >= 15 is 0 Å². The van der Waals surface area contributed by atoms with Crippen molar-refractivity contribution in [2.45, 2.75) is 24.6 Å². The molecule has 1 fully saturated rings. The van der Waals surface area contributed by atoms with Crippen LogP contribution in [0.2, 0.25) is 0 Å². The third kappa shape index (κ3) is 4.06. The lowest BCUT2D eigenvalue weighted by molar-refractivity contribution is -0.287. The van der Waals surface area contributed by atoms with Gasteiger partial charge in [0.25, 0.3) is 0 Å². The van der Waals surface area contributed by atoms with Crippen molar-refractivity contribution in [3.8, 4) is 5.75 Å². The van der Waals surface area contributed by atoms with E-state index in [1.165, 1.54) is 29.6 Å². The molecule has 1 saturated heterocycles. The summed E-state index contributed by atoms with van der Waals surface area (Å²) in [6.45, 7) is -3.11. The lowest BCUT2D eigenvalue weighted by Gasteiger charge is -2.45. The van der Waals surface area contributed by atoms with Gasteiger partial charge in [-0.05, 0) is 17.7 Å². The Balaban J connectivity index is 2.08. The molecule has 3 atom stereocenters. The van der Waals surface area contributed by atoms with Crippen LogP contribution in [0.1, 0.15) is 22.0 Å². The van der Waals surface area contributed by atoms with Gasteiger partial charge < -0.3 is 20.5 Å². The van der Waals surface area contributed by atoms with Crippen molar-refractivity contribution in [2.75, 3.05) is 0 Å². The molecule has 0 unspecified atom stereocenters. The van der Waals surface area contributed by atoms with E-state index in [0.717, 1.165) is 24.3 Å². The average molecular weight is 430 g/mol. The number of Topliss-reactive ketones (excluding diaryl/α,β-unsaturated/α-hetero) is 1. The molecule has 3 rings (SSSR count). The highest BCUT2D eigenvalue weighted by molar-refractivity contribution is 6.00. The molecule has 30 heavy (non-hydrogen) atoms. The number of rotatable bonds is 5. The van der Waals surface area contributed by atoms with Gasteiger partial charge in [-0.3, -0.25) is 4.79 Å². The quantitative estimate of drug-likeness (QED) is 0.501. The van der Waals surface area contributed by atoms with Gasteiger partial charge >= 0.3 is 18.8 Å². The lowest BCUT2D eigenvalue weighted by atomic mass is 9.77. The summed E-state index contributed by atoms with van der Waals surface area (Å²) in [6, 6.07) is 8.32. The second-order valence-corrected chi connectivity index (χ2v) is 6.50. The van der Waals surface area contributed by atoms with E-state index < -0.39 is 42.3 Å². The number of amides is 2. The topological polar surface area (TPSA) is 87.7 Å². The summed E-state index contributed by atoms with van der Waals surface area (Å²) in [5.74, 6) is -3.56. The van der Waals surface area contributed by atoms with Crippen molar-refractivity contribution in [2.24, 2.45) is 5.92 Å². The second kappa shape index (κ2) is 7.90. The Labute approximate surface area is 166 Å². The molecule has 2 amide bonds. The predicted molar refractivity (Wildman–Crippen MR) is 92.7 cm³/mol. The van der Waals surface area contributed by atoms with Crippen LogP contribution in [0.4, 0.5) is 26.7 Å². The summed E-state index contributed by atoms with van der Waals surface area (Å²) in [4.78, 5) is 24.9. The molecule has 0 bridgehead atoms. The van der Waals surface area contributed by atoms with Crippen LogP contribution in [0.3, 0.4) is 0 Å². The van der Waals surface area contributed by atoms with Crippen LogP contribution >= 0.6 is 0 Å². The van der Waals surface area contributed by atoms with Crippen molar-refractivity contribution in [3.05, 3.63) is 65.7 Å². The zero-order chi connectivity index (χ0) is 22.1. The number of carbonyl (C=O) groups is 2. The first kappa shape index (κ1) is 21.5. The number of hydrogen-bond acceptors (Lipinski definition) is 4. The first-order valence-electron chi connectivity index (χ1n) is 8.55. The van der Waals surface area contributed by atoms with E-state index in [2.05, 4.69) is 10.1 Å². The number of alkyl halides is 5. The van der Waals surface area contributed by atoms with Gasteiger partial charge in [0, 0.05) is 5.56 Å². The molecule has 1 aliphatic rings. The Hall–Kier alpha value is -3.21. The third-order valence-electron chi connectivity index (χ3n) is 4.61. The minimum Gasteiger partial charge on any atom is -0.435 e. The summed E-state index contributed by atoms with van der Waals surface area (Å²) in [5.41, 5.74) is -4.01. The number of aliphatic hydroxyl groups is 1. The Morgan fingerprint density at radius 2 is 1.67 bits per heavy atom. The minimum absolute atomic E-state index is 0.0246. The lowest BCUT2D eigenvalue weighted by Crippen LogP contribution is -2.72. The maximum Gasteiger partial charge on any atom is 0.437 e. The molecule has 0 saturated carbocycles. The van der Waals surface area contributed by atoms with Crippen molar-refractivity contribution < 1.29 is 41.4 Å². The smallest absolute Gasteiger partial charge is 0.435 e. The molecule has 3 N–H and O–H groups in total. The van der Waals surface area contributed by atoms with E-state index in [1.54, 1.807) is 6.07 Å². The fourth-order valence-corrected chi connectivity index (χ4v) is 3.26. The Kier molecular flexibility index (Phi) is 5.66. The number of nitrogens with one attached hydrogen (secondary N) is 2. The molecule has 11 heteroatoms. The molecule has 1 aliphatic heterocycles. The van der Waals surface area contributed by atoms with Gasteiger partial charge in [-0.1, -0.05) is 42.5 Å². The van der Waals surface area contributed by atoms with Crippen LogP contribution in [0.5, 0.6) is 5.75 Å². The second-order valence-electron chi connectivity index (χ2n) is 6.50. The van der Waals surface area contributed by atoms with Crippen molar-refractivity contribution in [1.82, 2.24) is 10.6 Å². The number of ketones is 1. The molecule has 160 valence electrons. The molecule has 0 radical (unpaired) electrons. The average Bonchev–Trinajstić information content (AvgIpc) is 2.67. The summed E-state index contributed by atoms with van der Waals surface area (Å²) >= 11 is 0. The predicted octanol–water partition coefficient (Wildman–Crippen LogP) is 3.39. The minimum atomic E-state index is -5.39. The highest BCUT2D eigenvalue weighted by atomic mass is 19.4. The fraction of sp³-hybridized carbons (Fsp3) is 0.263. The van der Waals surface area contributed by atoms with Crippen LogP contribution in [-0.4, -0.2) is 35.4 Å². The van der Waals surface area contributed by atoms with Crippen LogP contribution in [0.25, 0.3) is 0 Å². The Morgan fingerprint density at radius 3 is 2.20 bits per heavy atom. The highest BCUT2D eigenvalue weighted by Gasteiger charge is 2.66.